The predicted octanol–water partition coefficient (Wildman–Crippen LogP) is 2.68. The van der Waals surface area contributed by atoms with Gasteiger partial charge >= 0.3 is 0 Å². The van der Waals surface area contributed by atoms with Gasteiger partial charge in [0, 0.05) is 17.3 Å². The van der Waals surface area contributed by atoms with Crippen molar-refractivity contribution in [3.63, 3.8) is 0 Å². The van der Waals surface area contributed by atoms with Gasteiger partial charge in [0.25, 0.3) is 0 Å². The van der Waals surface area contributed by atoms with Gasteiger partial charge in [0.2, 0.25) is 5.88 Å². The van der Waals surface area contributed by atoms with Gasteiger partial charge in [-0.05, 0) is 23.4 Å². The fraction of sp³-hybridized carbons (Fsp3) is 0.286. The summed E-state index contributed by atoms with van der Waals surface area (Å²) in [6.07, 6.45) is 2.25. The molecular formula is C14H16N2O2S. The van der Waals surface area contributed by atoms with Crippen molar-refractivity contribution in [2.24, 2.45) is 0 Å². The second kappa shape index (κ2) is 6.54. The Labute approximate surface area is 116 Å². The molecule has 0 saturated heterocycles. The molecule has 100 valence electrons. The Bertz CT molecular complexity index is 531. The minimum Gasteiger partial charge on any atom is -0.480 e. The molecule has 0 amide bonds. The third-order valence-electron chi connectivity index (χ3n) is 2.65. The normalized spacial score (nSPS) is 12.2. The molecule has 0 radical (unpaired) electrons. The van der Waals surface area contributed by atoms with Gasteiger partial charge in [0.15, 0.2) is 0 Å². The average molecular weight is 276 g/mol. The van der Waals surface area contributed by atoms with Gasteiger partial charge in [-0.2, -0.15) is 0 Å². The Balaban J connectivity index is 2.25. The zero-order valence-corrected chi connectivity index (χ0v) is 11.7. The van der Waals surface area contributed by atoms with Crippen molar-refractivity contribution in [1.82, 2.24) is 9.97 Å². The Hall–Kier alpha value is -1.59. The van der Waals surface area contributed by atoms with E-state index >= 15 is 0 Å². The molecule has 0 fully saturated rings. The fourth-order valence-corrected chi connectivity index (χ4v) is 2.41. The minimum atomic E-state index is -0.829. The number of aliphatic hydroxyl groups is 1. The molecule has 1 heterocycles. The molecule has 1 N–H and O–H groups in total. The van der Waals surface area contributed by atoms with Gasteiger partial charge in [-0.25, -0.2) is 4.98 Å². The molecule has 2 rings (SSSR count). The first-order valence-electron chi connectivity index (χ1n) is 6.02. The summed E-state index contributed by atoms with van der Waals surface area (Å²) >= 11 is 1.76. The minimum absolute atomic E-state index is 0.349. The molecule has 1 aromatic carbocycles. The molecule has 0 bridgehead atoms. The fourth-order valence-electron chi connectivity index (χ4n) is 1.75. The number of aromatic nitrogens is 2. The maximum atomic E-state index is 10.3. The first kappa shape index (κ1) is 13.8. The van der Waals surface area contributed by atoms with E-state index in [9.17, 15) is 5.11 Å². The highest BCUT2D eigenvalue weighted by Crippen LogP contribution is 2.27. The topological polar surface area (TPSA) is 55.2 Å². The molecule has 1 unspecified atom stereocenters. The first-order valence-corrected chi connectivity index (χ1v) is 7.00. The lowest BCUT2D eigenvalue weighted by Gasteiger charge is -2.13. The SMILES string of the molecule is CCSc1ccc(C(O)c2nccnc2OC)cc1. The third-order valence-corrected chi connectivity index (χ3v) is 3.54. The molecule has 1 aromatic heterocycles. The van der Waals surface area contributed by atoms with Crippen LogP contribution in [0.25, 0.3) is 0 Å². The zero-order chi connectivity index (χ0) is 13.7. The number of hydrogen-bond donors (Lipinski definition) is 1. The summed E-state index contributed by atoms with van der Waals surface area (Å²) in [4.78, 5) is 9.37. The molecule has 0 saturated carbocycles. The maximum absolute atomic E-state index is 10.3. The van der Waals surface area contributed by atoms with Crippen LogP contribution in [0.3, 0.4) is 0 Å². The molecule has 0 aliphatic heterocycles. The highest BCUT2D eigenvalue weighted by molar-refractivity contribution is 7.99. The Kier molecular flexibility index (Phi) is 4.76. The van der Waals surface area contributed by atoms with Crippen molar-refractivity contribution in [3.8, 4) is 5.88 Å². The summed E-state index contributed by atoms with van der Waals surface area (Å²) in [5.74, 6) is 1.38. The quantitative estimate of drug-likeness (QED) is 0.851. The molecular weight excluding hydrogens is 260 g/mol. The van der Waals surface area contributed by atoms with E-state index in [1.165, 1.54) is 18.2 Å². The van der Waals surface area contributed by atoms with Crippen LogP contribution in [0.1, 0.15) is 24.3 Å². The van der Waals surface area contributed by atoms with Crippen molar-refractivity contribution in [1.29, 1.82) is 0 Å². The van der Waals surface area contributed by atoms with E-state index in [0.29, 0.717) is 11.6 Å². The Morgan fingerprint density at radius 2 is 1.89 bits per heavy atom. The molecule has 2 aromatic rings. The molecule has 0 aliphatic carbocycles. The molecule has 0 aliphatic rings. The molecule has 19 heavy (non-hydrogen) atoms. The Morgan fingerprint density at radius 1 is 1.21 bits per heavy atom. The third kappa shape index (κ3) is 3.24. The van der Waals surface area contributed by atoms with E-state index in [4.69, 9.17) is 4.74 Å². The lowest BCUT2D eigenvalue weighted by Crippen LogP contribution is -2.06. The van der Waals surface area contributed by atoms with E-state index in [1.807, 2.05) is 24.3 Å². The van der Waals surface area contributed by atoms with Gasteiger partial charge in [-0.3, -0.25) is 4.98 Å². The maximum Gasteiger partial charge on any atom is 0.238 e. The van der Waals surface area contributed by atoms with Crippen molar-refractivity contribution in [2.75, 3.05) is 12.9 Å². The summed E-state index contributed by atoms with van der Waals surface area (Å²) in [7, 11) is 1.52. The number of nitrogens with zero attached hydrogens (tertiary/aromatic N) is 2. The van der Waals surface area contributed by atoms with Crippen LogP contribution in [0.4, 0.5) is 0 Å². The van der Waals surface area contributed by atoms with Crippen molar-refractivity contribution in [3.05, 3.63) is 47.9 Å². The molecule has 1 atom stereocenters. The number of rotatable bonds is 5. The van der Waals surface area contributed by atoms with E-state index < -0.39 is 6.10 Å². The van der Waals surface area contributed by atoms with E-state index in [-0.39, 0.29) is 0 Å². The van der Waals surface area contributed by atoms with Crippen molar-refractivity contribution >= 4 is 11.8 Å². The highest BCUT2D eigenvalue weighted by atomic mass is 32.2. The van der Waals surface area contributed by atoms with Crippen LogP contribution >= 0.6 is 11.8 Å². The lowest BCUT2D eigenvalue weighted by atomic mass is 10.1. The van der Waals surface area contributed by atoms with Crippen LogP contribution in [0, 0.1) is 0 Å². The number of hydrogen-bond acceptors (Lipinski definition) is 5. The van der Waals surface area contributed by atoms with Gasteiger partial charge in [-0.1, -0.05) is 19.1 Å². The van der Waals surface area contributed by atoms with Gasteiger partial charge in [0.1, 0.15) is 11.8 Å². The molecule has 5 heteroatoms. The lowest BCUT2D eigenvalue weighted by molar-refractivity contribution is 0.207. The number of thioether (sulfide) groups is 1. The number of ether oxygens (including phenoxy) is 1. The summed E-state index contributed by atoms with van der Waals surface area (Å²) in [5.41, 5.74) is 1.21. The van der Waals surface area contributed by atoms with E-state index in [1.54, 1.807) is 18.0 Å². The van der Waals surface area contributed by atoms with E-state index in [2.05, 4.69) is 16.9 Å². The summed E-state index contributed by atoms with van der Waals surface area (Å²) < 4.78 is 5.11. The van der Waals surface area contributed by atoms with Crippen LogP contribution in [0.2, 0.25) is 0 Å². The van der Waals surface area contributed by atoms with Gasteiger partial charge in [-0.15, -0.1) is 11.8 Å². The summed E-state index contributed by atoms with van der Waals surface area (Å²) in [6, 6.07) is 7.79. The van der Waals surface area contributed by atoms with Crippen LogP contribution in [0.5, 0.6) is 5.88 Å². The summed E-state index contributed by atoms with van der Waals surface area (Å²) in [5, 5.41) is 10.3. The second-order valence-corrected chi connectivity index (χ2v) is 5.19. The monoisotopic (exact) mass is 276 g/mol. The van der Waals surface area contributed by atoms with Crippen LogP contribution in [-0.4, -0.2) is 27.9 Å². The predicted molar refractivity (Wildman–Crippen MR) is 75.5 cm³/mol. The van der Waals surface area contributed by atoms with Gasteiger partial charge < -0.3 is 9.84 Å². The standard InChI is InChI=1S/C14H16N2O2S/c1-3-19-11-6-4-10(5-7-11)13(17)12-14(18-2)16-9-8-15-12/h4-9,13,17H,3H2,1-2H3. The van der Waals surface area contributed by atoms with E-state index in [0.717, 1.165) is 11.3 Å². The highest BCUT2D eigenvalue weighted by Gasteiger charge is 2.17. The second-order valence-electron chi connectivity index (χ2n) is 3.86. The number of aliphatic hydroxyl groups excluding tert-OH is 1. The number of benzene rings is 1. The van der Waals surface area contributed by atoms with Crippen molar-refractivity contribution < 1.29 is 9.84 Å². The molecule has 4 nitrogen and oxygen atoms in total. The van der Waals surface area contributed by atoms with Crippen LogP contribution in [0.15, 0.2) is 41.6 Å². The number of methoxy groups -OCH3 is 1. The summed E-state index contributed by atoms with van der Waals surface area (Å²) in [6.45, 7) is 2.11. The van der Waals surface area contributed by atoms with Gasteiger partial charge in [0.05, 0.1) is 7.11 Å². The smallest absolute Gasteiger partial charge is 0.238 e. The average Bonchev–Trinajstić information content (AvgIpc) is 2.47. The zero-order valence-electron chi connectivity index (χ0n) is 10.9. The van der Waals surface area contributed by atoms with Crippen LogP contribution in [-0.2, 0) is 0 Å². The first-order chi connectivity index (χ1) is 9.26. The van der Waals surface area contributed by atoms with Crippen molar-refractivity contribution in [2.45, 2.75) is 17.9 Å². The Morgan fingerprint density at radius 3 is 2.53 bits per heavy atom. The largest absolute Gasteiger partial charge is 0.480 e. The molecule has 0 spiro atoms. The van der Waals surface area contributed by atoms with Crippen LogP contribution < -0.4 is 4.74 Å².